The molecule has 0 radical (unpaired) electrons. The minimum absolute atomic E-state index is 0.0267. The molecule has 0 saturated carbocycles. The van der Waals surface area contributed by atoms with E-state index in [4.69, 9.17) is 9.15 Å². The molecule has 4 rings (SSSR count). The van der Waals surface area contributed by atoms with E-state index in [1.54, 1.807) is 12.3 Å². The second-order valence-electron chi connectivity index (χ2n) is 8.00. The number of ether oxygens (including phenoxy) is 1. The van der Waals surface area contributed by atoms with Crippen molar-refractivity contribution in [3.63, 3.8) is 0 Å². The van der Waals surface area contributed by atoms with Crippen molar-refractivity contribution in [3.8, 4) is 5.75 Å². The van der Waals surface area contributed by atoms with Gasteiger partial charge in [-0.1, -0.05) is 36.4 Å². The summed E-state index contributed by atoms with van der Waals surface area (Å²) in [4.78, 5) is 28.9. The highest BCUT2D eigenvalue weighted by atomic mass is 32.2. The Bertz CT molecular complexity index is 1080. The number of anilines is 1. The van der Waals surface area contributed by atoms with Crippen molar-refractivity contribution in [1.29, 1.82) is 0 Å². The Hall–Kier alpha value is -3.05. The maximum Gasteiger partial charge on any atom is 0.253 e. The van der Waals surface area contributed by atoms with Crippen LogP contribution in [0.1, 0.15) is 35.9 Å². The first-order chi connectivity index (χ1) is 17.1. The van der Waals surface area contributed by atoms with E-state index in [9.17, 15) is 9.59 Å². The monoisotopic (exact) mass is 515 g/mol. The third kappa shape index (κ3) is 7.22. The first-order valence-electron chi connectivity index (χ1n) is 11.6. The predicted octanol–water partition coefficient (Wildman–Crippen LogP) is 3.68. The zero-order chi connectivity index (χ0) is 24.5. The summed E-state index contributed by atoms with van der Waals surface area (Å²) in [5, 5.41) is 12.1. The fraction of sp³-hybridized carbons (Fsp3) is 0.417. The van der Waals surface area contributed by atoms with Gasteiger partial charge in [0.2, 0.25) is 11.0 Å². The van der Waals surface area contributed by atoms with Crippen molar-refractivity contribution < 1.29 is 18.7 Å². The van der Waals surface area contributed by atoms with Crippen LogP contribution in [0.2, 0.25) is 0 Å². The summed E-state index contributed by atoms with van der Waals surface area (Å²) in [6, 6.07) is 11.0. The number of hydrogen-bond acceptors (Lipinski definition) is 9. The first-order valence-corrected chi connectivity index (χ1v) is 13.4. The number of carbonyl (C=O) groups is 2. The van der Waals surface area contributed by atoms with E-state index >= 15 is 0 Å². The zero-order valence-electron chi connectivity index (χ0n) is 19.6. The van der Waals surface area contributed by atoms with Crippen LogP contribution in [-0.2, 0) is 11.3 Å². The summed E-state index contributed by atoms with van der Waals surface area (Å²) in [5.41, 5.74) is 0.668. The smallest absolute Gasteiger partial charge is 0.253 e. The molecule has 0 atom stereocenters. The minimum atomic E-state index is -0.0872. The van der Waals surface area contributed by atoms with Gasteiger partial charge in [-0.3, -0.25) is 9.59 Å². The Morgan fingerprint density at radius 3 is 2.66 bits per heavy atom. The Labute approximate surface area is 212 Å². The van der Waals surface area contributed by atoms with Gasteiger partial charge in [0.25, 0.3) is 5.91 Å². The molecule has 9 nitrogen and oxygen atoms in total. The normalized spacial score (nSPS) is 13.6. The minimum Gasteiger partial charge on any atom is -0.494 e. The maximum atomic E-state index is 12.9. The summed E-state index contributed by atoms with van der Waals surface area (Å²) in [6.45, 7) is 5.79. The van der Waals surface area contributed by atoms with E-state index in [0.717, 1.165) is 28.1 Å². The van der Waals surface area contributed by atoms with Crippen LogP contribution < -0.4 is 15.0 Å². The van der Waals surface area contributed by atoms with E-state index in [0.29, 0.717) is 50.7 Å². The summed E-state index contributed by atoms with van der Waals surface area (Å²) in [7, 11) is 0. The standard InChI is InChI=1S/C24H29N5O4S2/c1-2-3-14-32-19-8-6-18(7-9-19)22(31)28-10-12-29(13-11-28)23-26-27-24(35-23)34-17-21(30)25-16-20-5-4-15-33-20/h4-9,15H,2-3,10-14,16-17H2,1H3,(H,25,30). The molecule has 0 spiro atoms. The van der Waals surface area contributed by atoms with Gasteiger partial charge < -0.3 is 24.3 Å². The predicted molar refractivity (Wildman–Crippen MR) is 136 cm³/mol. The van der Waals surface area contributed by atoms with Crippen LogP contribution in [-0.4, -0.2) is 65.5 Å². The van der Waals surface area contributed by atoms with Crippen molar-refractivity contribution in [1.82, 2.24) is 20.4 Å². The van der Waals surface area contributed by atoms with Crippen molar-refractivity contribution in [2.24, 2.45) is 0 Å². The Morgan fingerprint density at radius 2 is 1.94 bits per heavy atom. The molecular formula is C24H29N5O4S2. The molecule has 1 saturated heterocycles. The Kier molecular flexibility index (Phi) is 9.02. The second kappa shape index (κ2) is 12.6. The number of amides is 2. The van der Waals surface area contributed by atoms with Crippen molar-refractivity contribution in [2.45, 2.75) is 30.6 Å². The molecule has 0 aliphatic carbocycles. The number of carbonyl (C=O) groups excluding carboxylic acids is 2. The van der Waals surface area contributed by atoms with Gasteiger partial charge in [-0.2, -0.15) is 0 Å². The maximum absolute atomic E-state index is 12.9. The number of benzene rings is 1. The average Bonchev–Trinajstić information content (AvgIpc) is 3.59. The first kappa shape index (κ1) is 25.1. The summed E-state index contributed by atoms with van der Waals surface area (Å²) >= 11 is 2.82. The van der Waals surface area contributed by atoms with Gasteiger partial charge in [-0.15, -0.1) is 10.2 Å². The lowest BCUT2D eigenvalue weighted by Crippen LogP contribution is -2.48. The molecule has 35 heavy (non-hydrogen) atoms. The van der Waals surface area contributed by atoms with Crippen molar-refractivity contribution >= 4 is 40.0 Å². The van der Waals surface area contributed by atoms with Crippen LogP contribution in [0.25, 0.3) is 0 Å². The highest BCUT2D eigenvalue weighted by Crippen LogP contribution is 2.28. The molecule has 2 amide bonds. The van der Waals surface area contributed by atoms with Gasteiger partial charge >= 0.3 is 0 Å². The summed E-state index contributed by atoms with van der Waals surface area (Å²) < 4.78 is 11.6. The largest absolute Gasteiger partial charge is 0.494 e. The number of nitrogens with zero attached hydrogens (tertiary/aromatic N) is 4. The number of thioether (sulfide) groups is 1. The Balaban J connectivity index is 1.20. The van der Waals surface area contributed by atoms with E-state index in [-0.39, 0.29) is 17.6 Å². The van der Waals surface area contributed by atoms with Crippen LogP contribution in [0.5, 0.6) is 5.75 Å². The van der Waals surface area contributed by atoms with Gasteiger partial charge in [0, 0.05) is 31.7 Å². The number of piperazine rings is 1. The lowest BCUT2D eigenvalue weighted by Gasteiger charge is -2.34. The number of unbranched alkanes of at least 4 members (excludes halogenated alkanes) is 1. The van der Waals surface area contributed by atoms with Crippen molar-refractivity contribution in [3.05, 3.63) is 54.0 Å². The highest BCUT2D eigenvalue weighted by Gasteiger charge is 2.24. The number of hydrogen-bond donors (Lipinski definition) is 1. The topological polar surface area (TPSA) is 101 Å². The molecule has 3 heterocycles. The van der Waals surface area contributed by atoms with Gasteiger partial charge in [-0.25, -0.2) is 0 Å². The molecule has 186 valence electrons. The molecule has 0 unspecified atom stereocenters. The highest BCUT2D eigenvalue weighted by molar-refractivity contribution is 8.01. The zero-order valence-corrected chi connectivity index (χ0v) is 21.3. The fourth-order valence-electron chi connectivity index (χ4n) is 3.48. The van der Waals surface area contributed by atoms with Crippen LogP contribution in [0.3, 0.4) is 0 Å². The molecule has 1 aliphatic heterocycles. The summed E-state index contributed by atoms with van der Waals surface area (Å²) in [6.07, 6.45) is 3.68. The van der Waals surface area contributed by atoms with Gasteiger partial charge in [-0.05, 0) is 42.8 Å². The summed E-state index contributed by atoms with van der Waals surface area (Å²) in [5.74, 6) is 1.71. The van der Waals surface area contributed by atoms with Crippen LogP contribution in [0.4, 0.5) is 5.13 Å². The number of rotatable bonds is 11. The fourth-order valence-corrected chi connectivity index (χ4v) is 5.20. The second-order valence-corrected chi connectivity index (χ2v) is 10.2. The molecule has 1 aromatic carbocycles. The lowest BCUT2D eigenvalue weighted by atomic mass is 10.1. The van der Waals surface area contributed by atoms with E-state index in [2.05, 4.69) is 27.3 Å². The molecule has 3 aromatic rings. The molecule has 2 aromatic heterocycles. The van der Waals surface area contributed by atoms with Crippen LogP contribution in [0.15, 0.2) is 51.4 Å². The Morgan fingerprint density at radius 1 is 1.14 bits per heavy atom. The molecule has 1 aliphatic rings. The van der Waals surface area contributed by atoms with E-state index in [1.165, 1.54) is 23.1 Å². The van der Waals surface area contributed by atoms with Crippen LogP contribution in [0, 0.1) is 0 Å². The van der Waals surface area contributed by atoms with Crippen molar-refractivity contribution in [2.75, 3.05) is 43.4 Å². The van der Waals surface area contributed by atoms with Gasteiger partial charge in [0.15, 0.2) is 4.34 Å². The molecular weight excluding hydrogens is 486 g/mol. The van der Waals surface area contributed by atoms with Gasteiger partial charge in [0.05, 0.1) is 25.2 Å². The third-order valence-corrected chi connectivity index (χ3v) is 7.59. The average molecular weight is 516 g/mol. The van der Waals surface area contributed by atoms with E-state index in [1.807, 2.05) is 35.2 Å². The number of aromatic nitrogens is 2. The molecule has 1 fully saturated rings. The number of furan rings is 1. The quantitative estimate of drug-likeness (QED) is 0.305. The molecule has 1 N–H and O–H groups in total. The number of nitrogens with one attached hydrogen (secondary N) is 1. The van der Waals surface area contributed by atoms with Crippen LogP contribution >= 0.6 is 23.1 Å². The van der Waals surface area contributed by atoms with Gasteiger partial charge in [0.1, 0.15) is 11.5 Å². The lowest BCUT2D eigenvalue weighted by molar-refractivity contribution is -0.118. The van der Waals surface area contributed by atoms with E-state index < -0.39 is 0 Å². The SMILES string of the molecule is CCCCOc1ccc(C(=O)N2CCN(c3nnc(SCC(=O)NCc4ccco4)s3)CC2)cc1. The molecule has 11 heteroatoms. The third-order valence-electron chi connectivity index (χ3n) is 5.47. The molecule has 0 bridgehead atoms.